The largest absolute Gasteiger partial charge is 0.449 e. The van der Waals surface area contributed by atoms with Crippen LogP contribution in [0.3, 0.4) is 0 Å². The van der Waals surface area contributed by atoms with Gasteiger partial charge in [0.2, 0.25) is 0 Å². The summed E-state index contributed by atoms with van der Waals surface area (Å²) in [5.74, 6) is 0.390. The van der Waals surface area contributed by atoms with E-state index in [2.05, 4.69) is 34.9 Å². The summed E-state index contributed by atoms with van der Waals surface area (Å²) in [7, 11) is 0. The molecule has 0 heterocycles. The van der Waals surface area contributed by atoms with Crippen molar-refractivity contribution in [3.63, 3.8) is 0 Å². The fourth-order valence-electron chi connectivity index (χ4n) is 6.34. The molecule has 0 fully saturated rings. The van der Waals surface area contributed by atoms with Crippen molar-refractivity contribution in [2.45, 2.75) is 24.8 Å². The Hall–Kier alpha value is -5.40. The van der Waals surface area contributed by atoms with Crippen LogP contribution in [0.2, 0.25) is 5.02 Å². The van der Waals surface area contributed by atoms with Gasteiger partial charge in [0.05, 0.1) is 12.0 Å². The quantitative estimate of drug-likeness (QED) is 0.0361. The van der Waals surface area contributed by atoms with E-state index in [1.165, 1.54) is 0 Å². The summed E-state index contributed by atoms with van der Waals surface area (Å²) in [4.78, 5) is 27.2. The summed E-state index contributed by atoms with van der Waals surface area (Å²) in [5.41, 5.74) is 13.1. The Kier molecular flexibility index (Phi) is 10.2. The first kappa shape index (κ1) is 32.5. The number of ketones is 1. The Bertz CT molecular complexity index is 1830. The number of carbonyl (C=O) groups is 2. The van der Waals surface area contributed by atoms with E-state index in [-0.39, 0.29) is 24.3 Å². The molecule has 0 saturated carbocycles. The number of guanidine groups is 1. The molecule has 0 spiro atoms. The first-order valence-corrected chi connectivity index (χ1v) is 16.3. The number of benzene rings is 5. The zero-order valence-corrected chi connectivity index (χ0v) is 27.0. The van der Waals surface area contributed by atoms with Crippen molar-refractivity contribution in [1.29, 1.82) is 5.41 Å². The zero-order valence-electron chi connectivity index (χ0n) is 26.3. The Morgan fingerprint density at radius 1 is 0.771 bits per heavy atom. The van der Waals surface area contributed by atoms with Gasteiger partial charge in [-0.2, -0.15) is 0 Å². The van der Waals surface area contributed by atoms with Gasteiger partial charge in [-0.1, -0.05) is 133 Å². The summed E-state index contributed by atoms with van der Waals surface area (Å²) in [6, 6.07) is 40.6. The molecule has 1 amide bonds. The van der Waals surface area contributed by atoms with E-state index in [0.717, 1.165) is 44.9 Å². The van der Waals surface area contributed by atoms with E-state index >= 15 is 0 Å². The first-order valence-electron chi connectivity index (χ1n) is 15.9. The second-order valence-electron chi connectivity index (χ2n) is 11.7. The number of fused-ring (bicyclic) bond motifs is 3. The minimum Gasteiger partial charge on any atom is -0.449 e. The highest BCUT2D eigenvalue weighted by Gasteiger charge is 2.30. The minimum absolute atomic E-state index is 0.108. The van der Waals surface area contributed by atoms with E-state index in [1.54, 1.807) is 12.1 Å². The fourth-order valence-corrected chi connectivity index (χ4v) is 6.62. The molecule has 6 rings (SSSR count). The Labute approximate surface area is 285 Å². The Balaban J connectivity index is 1.20. The van der Waals surface area contributed by atoms with Crippen LogP contribution in [0.4, 0.5) is 4.79 Å². The SMILES string of the molecule is N=C(N)NCCC[C@H](NC(=O)OCC1c2ccccc2-c2ccccc21)C(=O)c1ccc([C](c2ccccc2)c2ccccc2)c(Cl)c1. The van der Waals surface area contributed by atoms with Gasteiger partial charge in [-0.25, -0.2) is 4.79 Å². The molecule has 0 unspecified atom stereocenters. The van der Waals surface area contributed by atoms with Gasteiger partial charge in [0.1, 0.15) is 6.61 Å². The predicted octanol–water partition coefficient (Wildman–Crippen LogP) is 7.71. The van der Waals surface area contributed by atoms with E-state index in [0.29, 0.717) is 30.0 Å². The Morgan fingerprint density at radius 2 is 1.33 bits per heavy atom. The van der Waals surface area contributed by atoms with Crippen LogP contribution in [0.5, 0.6) is 0 Å². The van der Waals surface area contributed by atoms with Crippen LogP contribution < -0.4 is 16.4 Å². The van der Waals surface area contributed by atoms with Crippen molar-refractivity contribution in [3.8, 4) is 11.1 Å². The summed E-state index contributed by atoms with van der Waals surface area (Å²) < 4.78 is 5.77. The zero-order chi connectivity index (χ0) is 33.5. The van der Waals surface area contributed by atoms with Crippen LogP contribution in [0.15, 0.2) is 127 Å². The van der Waals surface area contributed by atoms with Gasteiger partial charge in [0, 0.05) is 23.0 Å². The summed E-state index contributed by atoms with van der Waals surface area (Å²) in [6.07, 6.45) is 0.0978. The normalized spacial score (nSPS) is 12.5. The number of amides is 1. The summed E-state index contributed by atoms with van der Waals surface area (Å²) in [6.45, 7) is 0.502. The number of hydrogen-bond acceptors (Lipinski definition) is 4. The molecule has 7 nitrogen and oxygen atoms in total. The summed E-state index contributed by atoms with van der Waals surface area (Å²) in [5, 5.41) is 13.4. The molecule has 0 aliphatic heterocycles. The van der Waals surface area contributed by atoms with Gasteiger partial charge < -0.3 is 21.1 Å². The first-order chi connectivity index (χ1) is 23.4. The molecule has 0 bridgehead atoms. The number of carbonyl (C=O) groups excluding carboxylic acids is 2. The lowest BCUT2D eigenvalue weighted by Crippen LogP contribution is -2.42. The maximum absolute atomic E-state index is 13.9. The molecule has 1 atom stereocenters. The highest BCUT2D eigenvalue weighted by Crippen LogP contribution is 2.44. The van der Waals surface area contributed by atoms with Crippen molar-refractivity contribution in [1.82, 2.24) is 10.6 Å². The van der Waals surface area contributed by atoms with Crippen LogP contribution >= 0.6 is 11.6 Å². The van der Waals surface area contributed by atoms with Crippen molar-refractivity contribution >= 4 is 29.4 Å². The third-order valence-electron chi connectivity index (χ3n) is 8.59. The van der Waals surface area contributed by atoms with Crippen molar-refractivity contribution < 1.29 is 14.3 Å². The second kappa shape index (κ2) is 15.0. The average molecular weight is 656 g/mol. The van der Waals surface area contributed by atoms with E-state index in [1.807, 2.05) is 91.0 Å². The molecule has 8 heteroatoms. The number of nitrogens with two attached hydrogens (primary N) is 1. The van der Waals surface area contributed by atoms with Crippen LogP contribution in [0.25, 0.3) is 11.1 Å². The average Bonchev–Trinajstić information content (AvgIpc) is 3.43. The van der Waals surface area contributed by atoms with Gasteiger partial charge in [0.25, 0.3) is 0 Å². The van der Waals surface area contributed by atoms with Crippen molar-refractivity contribution in [2.24, 2.45) is 5.73 Å². The molecular formula is C40H36ClN4O3. The standard InChI is InChI=1S/C40H36ClN4O3/c41-35-24-28(21-22-33(35)37(26-12-3-1-4-13-26)27-14-5-2-6-15-27)38(46)36(20-11-23-44-39(42)43)45-40(47)48-25-34-31-18-9-7-16-29(31)30-17-8-10-19-32(30)34/h1-10,12-19,21-22,24,34,36H,11,20,23,25H2,(H,45,47)(H4,42,43,44)/t36-/m0/s1. The van der Waals surface area contributed by atoms with E-state index in [4.69, 9.17) is 27.5 Å². The molecule has 1 radical (unpaired) electrons. The fraction of sp³-hybridized carbons (Fsp3) is 0.150. The van der Waals surface area contributed by atoms with E-state index < -0.39 is 12.1 Å². The summed E-state index contributed by atoms with van der Waals surface area (Å²) >= 11 is 6.91. The molecule has 5 aromatic rings. The lowest BCUT2D eigenvalue weighted by atomic mass is 9.84. The third kappa shape index (κ3) is 7.27. The lowest BCUT2D eigenvalue weighted by molar-refractivity contribution is 0.0912. The topological polar surface area (TPSA) is 117 Å². The monoisotopic (exact) mass is 655 g/mol. The van der Waals surface area contributed by atoms with Gasteiger partial charge in [-0.15, -0.1) is 0 Å². The smallest absolute Gasteiger partial charge is 0.407 e. The van der Waals surface area contributed by atoms with Gasteiger partial charge in [-0.3, -0.25) is 10.2 Å². The maximum Gasteiger partial charge on any atom is 0.407 e. The molecule has 1 aliphatic carbocycles. The molecule has 48 heavy (non-hydrogen) atoms. The van der Waals surface area contributed by atoms with Gasteiger partial charge >= 0.3 is 6.09 Å². The highest BCUT2D eigenvalue weighted by atomic mass is 35.5. The molecule has 0 aromatic heterocycles. The van der Waals surface area contributed by atoms with Crippen LogP contribution in [-0.2, 0) is 4.74 Å². The Morgan fingerprint density at radius 3 is 1.90 bits per heavy atom. The van der Waals surface area contributed by atoms with Crippen LogP contribution in [-0.4, -0.2) is 37.0 Å². The second-order valence-corrected chi connectivity index (χ2v) is 12.1. The van der Waals surface area contributed by atoms with Crippen LogP contribution in [0, 0.1) is 11.3 Å². The molecule has 5 N–H and O–H groups in total. The number of alkyl carbamates (subject to hydrolysis) is 1. The van der Waals surface area contributed by atoms with Crippen molar-refractivity contribution in [2.75, 3.05) is 13.2 Å². The third-order valence-corrected chi connectivity index (χ3v) is 8.90. The molecule has 5 aromatic carbocycles. The maximum atomic E-state index is 13.9. The molecule has 241 valence electrons. The molecular weight excluding hydrogens is 620 g/mol. The predicted molar refractivity (Wildman–Crippen MR) is 190 cm³/mol. The number of rotatable bonds is 12. The molecule has 1 aliphatic rings. The van der Waals surface area contributed by atoms with Gasteiger partial charge in [0.15, 0.2) is 11.7 Å². The number of hydrogen-bond donors (Lipinski definition) is 4. The van der Waals surface area contributed by atoms with Crippen LogP contribution in [0.1, 0.15) is 56.9 Å². The number of nitrogens with one attached hydrogen (secondary N) is 3. The van der Waals surface area contributed by atoms with Crippen molar-refractivity contribution in [3.05, 3.63) is 172 Å². The number of Topliss-reactive ketones (excluding diaryl/α,β-unsaturated/α-hetero) is 1. The molecule has 0 saturated heterocycles. The number of halogens is 1. The lowest BCUT2D eigenvalue weighted by Gasteiger charge is -2.21. The number of ether oxygens (including phenoxy) is 1. The minimum atomic E-state index is -0.886. The highest BCUT2D eigenvalue weighted by molar-refractivity contribution is 6.32. The van der Waals surface area contributed by atoms with E-state index in [9.17, 15) is 9.59 Å². The van der Waals surface area contributed by atoms with Gasteiger partial charge in [-0.05, 0) is 57.9 Å².